The molecule has 1 amide bonds. The van der Waals surface area contributed by atoms with E-state index in [1.807, 2.05) is 7.05 Å². The molecule has 1 aromatic rings. The number of amides is 1. The van der Waals surface area contributed by atoms with Crippen molar-refractivity contribution in [1.29, 1.82) is 0 Å². The van der Waals surface area contributed by atoms with Gasteiger partial charge in [-0.15, -0.1) is 0 Å². The van der Waals surface area contributed by atoms with E-state index in [0.29, 0.717) is 12.1 Å². The number of hydrogen-bond acceptors (Lipinski definition) is 4. The van der Waals surface area contributed by atoms with E-state index in [9.17, 15) is 4.79 Å². The van der Waals surface area contributed by atoms with Crippen molar-refractivity contribution in [3.05, 3.63) is 29.8 Å². The Bertz CT molecular complexity index is 507. The molecule has 0 aliphatic carbocycles. The fourth-order valence-corrected chi connectivity index (χ4v) is 3.21. The first-order valence-corrected chi connectivity index (χ1v) is 10.8. The number of rotatable bonds is 4. The lowest BCUT2D eigenvalue weighted by Gasteiger charge is -2.32. The van der Waals surface area contributed by atoms with Crippen molar-refractivity contribution in [1.82, 2.24) is 15.1 Å². The molecule has 5 nitrogen and oxygen atoms in total. The van der Waals surface area contributed by atoms with E-state index in [4.69, 9.17) is 4.74 Å². The number of carbonyl (C=O) groups is 1. The van der Waals surface area contributed by atoms with Gasteiger partial charge in [0.1, 0.15) is 11.9 Å². The smallest absolute Gasteiger partial charge is 0.209 e. The third-order valence-electron chi connectivity index (χ3n) is 5.04. The van der Waals surface area contributed by atoms with Crippen LogP contribution in [-0.2, 0) is 4.79 Å². The highest BCUT2D eigenvalue weighted by atomic mass is 16.5. The zero-order chi connectivity index (χ0) is 20.8. The van der Waals surface area contributed by atoms with Gasteiger partial charge in [0.25, 0.3) is 0 Å². The summed E-state index contributed by atoms with van der Waals surface area (Å²) in [5.41, 5.74) is 1.28. The van der Waals surface area contributed by atoms with Gasteiger partial charge in [0, 0.05) is 13.1 Å². The fraction of sp³-hybridized carbons (Fsp3) is 0.696. The largest absolute Gasteiger partial charge is 0.490 e. The van der Waals surface area contributed by atoms with Gasteiger partial charge in [-0.2, -0.15) is 0 Å². The molecule has 0 atom stereocenters. The van der Waals surface area contributed by atoms with Crippen LogP contribution in [-0.4, -0.2) is 68.6 Å². The number of ether oxygens (including phenoxy) is 1. The topological polar surface area (TPSA) is 44.8 Å². The molecule has 1 N–H and O–H groups in total. The Morgan fingerprint density at radius 2 is 1.64 bits per heavy atom. The highest BCUT2D eigenvalue weighted by Crippen LogP contribution is 2.17. The van der Waals surface area contributed by atoms with Crippen LogP contribution in [0.25, 0.3) is 0 Å². The minimum atomic E-state index is 0.402. The average molecular weight is 392 g/mol. The third-order valence-corrected chi connectivity index (χ3v) is 5.04. The number of aryl methyl sites for hydroxylation is 1. The Balaban J connectivity index is 0.000000252. The molecule has 0 aromatic heterocycles. The van der Waals surface area contributed by atoms with Gasteiger partial charge in [-0.1, -0.05) is 38.0 Å². The SMILES string of the molecule is CCC.CN1CCC(N(C)C=O)CC1.Cc1ccc(OC2CCNCC2)cc1. The Morgan fingerprint density at radius 1 is 1.11 bits per heavy atom. The Labute approximate surface area is 172 Å². The normalized spacial score (nSPS) is 18.2. The molecular formula is C23H41N3O2. The first kappa shape index (κ1) is 24.4. The van der Waals surface area contributed by atoms with E-state index in [0.717, 1.165) is 64.0 Å². The lowest BCUT2D eigenvalue weighted by Crippen LogP contribution is -2.41. The Kier molecular flexibility index (Phi) is 12.6. The lowest BCUT2D eigenvalue weighted by molar-refractivity contribution is -0.119. The molecule has 2 fully saturated rings. The van der Waals surface area contributed by atoms with Crippen LogP contribution in [0.3, 0.4) is 0 Å². The van der Waals surface area contributed by atoms with Crippen molar-refractivity contribution in [3.63, 3.8) is 0 Å². The quantitative estimate of drug-likeness (QED) is 0.795. The minimum Gasteiger partial charge on any atom is -0.490 e. The van der Waals surface area contributed by atoms with Crippen LogP contribution in [0.5, 0.6) is 5.75 Å². The summed E-state index contributed by atoms with van der Waals surface area (Å²) in [5, 5.41) is 3.33. The van der Waals surface area contributed by atoms with Crippen molar-refractivity contribution < 1.29 is 9.53 Å². The molecule has 160 valence electrons. The molecule has 0 bridgehead atoms. The molecular weight excluding hydrogens is 350 g/mol. The maximum atomic E-state index is 10.4. The number of nitrogens with one attached hydrogen (secondary N) is 1. The maximum absolute atomic E-state index is 10.4. The third kappa shape index (κ3) is 10.1. The van der Waals surface area contributed by atoms with E-state index in [2.05, 4.69) is 62.3 Å². The summed E-state index contributed by atoms with van der Waals surface area (Å²) in [7, 11) is 3.99. The van der Waals surface area contributed by atoms with Crippen LogP contribution < -0.4 is 10.1 Å². The highest BCUT2D eigenvalue weighted by Gasteiger charge is 2.18. The summed E-state index contributed by atoms with van der Waals surface area (Å²) in [6, 6.07) is 8.77. The first-order valence-electron chi connectivity index (χ1n) is 10.8. The predicted octanol–water partition coefficient (Wildman–Crippen LogP) is 3.71. The van der Waals surface area contributed by atoms with Crippen LogP contribution >= 0.6 is 0 Å². The van der Waals surface area contributed by atoms with Crippen LogP contribution in [0.1, 0.15) is 51.5 Å². The van der Waals surface area contributed by atoms with Crippen LogP contribution in [0.15, 0.2) is 24.3 Å². The molecule has 0 saturated carbocycles. The maximum Gasteiger partial charge on any atom is 0.209 e. The molecule has 5 heteroatoms. The van der Waals surface area contributed by atoms with Gasteiger partial charge >= 0.3 is 0 Å². The van der Waals surface area contributed by atoms with Crippen molar-refractivity contribution in [2.45, 2.75) is 65.0 Å². The standard InChI is InChI=1S/C12H17NO.C8H16N2O.C3H8/c1-10-2-4-11(5-3-10)14-12-6-8-13-9-7-12;1-9-5-3-8(4-6-9)10(2)7-11;1-3-2/h2-5,12-13H,6-9H2,1H3;7-8H,3-6H2,1-2H3;3H2,1-2H3. The van der Waals surface area contributed by atoms with Crippen molar-refractivity contribution in [2.24, 2.45) is 0 Å². The average Bonchev–Trinajstić information content (AvgIpc) is 2.72. The van der Waals surface area contributed by atoms with Crippen molar-refractivity contribution in [2.75, 3.05) is 40.3 Å². The van der Waals surface area contributed by atoms with E-state index in [-0.39, 0.29) is 0 Å². The molecule has 28 heavy (non-hydrogen) atoms. The number of carbonyl (C=O) groups excluding carboxylic acids is 1. The molecule has 0 unspecified atom stereocenters. The van der Waals surface area contributed by atoms with E-state index in [1.54, 1.807) is 4.90 Å². The molecule has 0 spiro atoms. The second-order valence-electron chi connectivity index (χ2n) is 7.89. The summed E-state index contributed by atoms with van der Waals surface area (Å²) in [5.74, 6) is 1.00. The molecule has 1 aromatic carbocycles. The monoisotopic (exact) mass is 391 g/mol. The summed E-state index contributed by atoms with van der Waals surface area (Å²) < 4.78 is 5.87. The molecule has 2 saturated heterocycles. The Morgan fingerprint density at radius 3 is 2.14 bits per heavy atom. The van der Waals surface area contributed by atoms with E-state index < -0.39 is 0 Å². The van der Waals surface area contributed by atoms with Crippen molar-refractivity contribution in [3.8, 4) is 5.75 Å². The Hall–Kier alpha value is -1.59. The minimum absolute atomic E-state index is 0.402. The van der Waals surface area contributed by atoms with Gasteiger partial charge in [0.05, 0.1) is 0 Å². The number of benzene rings is 1. The molecule has 2 heterocycles. The van der Waals surface area contributed by atoms with Gasteiger partial charge < -0.3 is 19.9 Å². The first-order chi connectivity index (χ1) is 13.5. The highest BCUT2D eigenvalue weighted by molar-refractivity contribution is 5.47. The molecule has 3 rings (SSSR count). The predicted molar refractivity (Wildman–Crippen MR) is 118 cm³/mol. The number of hydrogen-bond donors (Lipinski definition) is 1. The van der Waals surface area contributed by atoms with Crippen LogP contribution in [0.2, 0.25) is 0 Å². The molecule has 0 radical (unpaired) electrons. The second-order valence-corrected chi connectivity index (χ2v) is 7.89. The van der Waals surface area contributed by atoms with E-state index in [1.165, 1.54) is 12.0 Å². The lowest BCUT2D eigenvalue weighted by atomic mass is 10.1. The van der Waals surface area contributed by atoms with Gasteiger partial charge in [0.2, 0.25) is 6.41 Å². The molecule has 2 aliphatic heterocycles. The van der Waals surface area contributed by atoms with E-state index >= 15 is 0 Å². The van der Waals surface area contributed by atoms with Gasteiger partial charge in [-0.3, -0.25) is 4.79 Å². The number of likely N-dealkylation sites (tertiary alicyclic amines) is 1. The zero-order valence-corrected chi connectivity index (χ0v) is 18.6. The summed E-state index contributed by atoms with van der Waals surface area (Å²) in [6.45, 7) is 10.7. The second kappa shape index (κ2) is 14.4. The summed E-state index contributed by atoms with van der Waals surface area (Å²) in [6.07, 6.45) is 7.05. The van der Waals surface area contributed by atoms with Crippen LogP contribution in [0.4, 0.5) is 0 Å². The van der Waals surface area contributed by atoms with Gasteiger partial charge in [-0.05, 0) is 78.0 Å². The zero-order valence-electron chi connectivity index (χ0n) is 18.6. The van der Waals surface area contributed by atoms with Gasteiger partial charge in [0.15, 0.2) is 0 Å². The summed E-state index contributed by atoms with van der Waals surface area (Å²) in [4.78, 5) is 14.5. The van der Waals surface area contributed by atoms with Crippen molar-refractivity contribution >= 4 is 6.41 Å². The number of nitrogens with zero attached hydrogens (tertiary/aromatic N) is 2. The number of piperidine rings is 2. The fourth-order valence-electron chi connectivity index (χ4n) is 3.21. The van der Waals surface area contributed by atoms with Gasteiger partial charge in [-0.25, -0.2) is 0 Å². The molecule has 2 aliphatic rings. The summed E-state index contributed by atoms with van der Waals surface area (Å²) >= 11 is 0. The van der Waals surface area contributed by atoms with Crippen LogP contribution in [0, 0.1) is 6.92 Å².